The fourth-order valence-corrected chi connectivity index (χ4v) is 8.41. The molecule has 286 valence electrons. The van der Waals surface area contributed by atoms with Crippen LogP contribution in [0, 0.1) is 17.8 Å². The Morgan fingerprint density at radius 2 is 1.52 bits per heavy atom. The van der Waals surface area contributed by atoms with Crippen LogP contribution in [0.2, 0.25) is 0 Å². The van der Waals surface area contributed by atoms with Crippen LogP contribution in [0.4, 0.5) is 0 Å². The van der Waals surface area contributed by atoms with Gasteiger partial charge in [-0.1, -0.05) is 6.08 Å². The Bertz CT molecular complexity index is 1150. The molecule has 0 radical (unpaired) electrons. The van der Waals surface area contributed by atoms with Gasteiger partial charge in [-0.3, -0.25) is 0 Å². The van der Waals surface area contributed by atoms with E-state index in [4.69, 9.17) is 28.4 Å². The normalized spacial score (nSPS) is 50.2. The zero-order valence-corrected chi connectivity index (χ0v) is 28.0. The first-order valence-electron chi connectivity index (χ1n) is 18.0. The lowest BCUT2D eigenvalue weighted by atomic mass is 9.72. The number of aliphatic hydroxyl groups excluding tert-OH is 8. The highest BCUT2D eigenvalue weighted by molar-refractivity contribution is 5.82. The SMILES string of the molecule is O=C(C=CC1CCC(O)CC1)OC[C@@]1(O)CO[C@@H](O[C@H]2[C@H](OC3CC4C(O)CC(O)CC4OC3C3CCC(O)C(O)C3)OC[C@@H](O)[C@@H]2O)[C@@H]1O. The van der Waals surface area contributed by atoms with Crippen LogP contribution in [0.25, 0.3) is 0 Å². The summed E-state index contributed by atoms with van der Waals surface area (Å²) in [6, 6.07) is 0. The van der Waals surface area contributed by atoms with Gasteiger partial charge in [0.2, 0.25) is 0 Å². The van der Waals surface area contributed by atoms with Gasteiger partial charge >= 0.3 is 5.97 Å². The average Bonchev–Trinajstić information content (AvgIpc) is 3.36. The Labute approximate surface area is 290 Å². The van der Waals surface area contributed by atoms with E-state index in [9.17, 15) is 50.8 Å². The van der Waals surface area contributed by atoms with Crippen LogP contribution in [0.15, 0.2) is 12.2 Å². The van der Waals surface area contributed by atoms with Crippen LogP contribution >= 0.6 is 0 Å². The summed E-state index contributed by atoms with van der Waals surface area (Å²) >= 11 is 0. The number of hydrogen-bond acceptors (Lipinski definition) is 16. The molecule has 16 atom stereocenters. The summed E-state index contributed by atoms with van der Waals surface area (Å²) in [5, 5.41) is 95.1. The molecule has 3 aliphatic carbocycles. The van der Waals surface area contributed by atoms with Gasteiger partial charge in [0.25, 0.3) is 0 Å². The van der Waals surface area contributed by atoms with Crippen molar-refractivity contribution in [1.29, 1.82) is 0 Å². The molecule has 9 unspecified atom stereocenters. The first-order chi connectivity index (χ1) is 23.8. The first kappa shape index (κ1) is 38.4. The van der Waals surface area contributed by atoms with E-state index in [2.05, 4.69) is 0 Å². The second-order valence-corrected chi connectivity index (χ2v) is 15.2. The number of ether oxygens (including phenoxy) is 6. The van der Waals surface area contributed by atoms with Crippen molar-refractivity contribution in [2.45, 2.75) is 156 Å². The zero-order valence-electron chi connectivity index (χ0n) is 28.0. The zero-order chi connectivity index (χ0) is 35.7. The third-order valence-electron chi connectivity index (χ3n) is 11.5. The van der Waals surface area contributed by atoms with Crippen LogP contribution in [-0.2, 0) is 33.2 Å². The van der Waals surface area contributed by atoms with Gasteiger partial charge in [0, 0.05) is 12.0 Å². The molecule has 3 heterocycles. The fourth-order valence-electron chi connectivity index (χ4n) is 8.41. The first-order valence-corrected chi connectivity index (χ1v) is 18.0. The van der Waals surface area contributed by atoms with Gasteiger partial charge in [-0.25, -0.2) is 4.79 Å². The van der Waals surface area contributed by atoms with Crippen LogP contribution in [0.1, 0.15) is 64.2 Å². The summed E-state index contributed by atoms with van der Waals surface area (Å²) in [5.41, 5.74) is -2.05. The topological polar surface area (TPSA) is 255 Å². The molecule has 6 aliphatic rings. The van der Waals surface area contributed by atoms with Crippen molar-refractivity contribution < 1.29 is 79.2 Å². The molecule has 3 aliphatic heterocycles. The van der Waals surface area contributed by atoms with Gasteiger partial charge in [0.1, 0.15) is 31.0 Å². The van der Waals surface area contributed by atoms with Crippen molar-refractivity contribution in [3.63, 3.8) is 0 Å². The smallest absolute Gasteiger partial charge is 0.330 e. The second kappa shape index (κ2) is 16.3. The van der Waals surface area contributed by atoms with Crippen molar-refractivity contribution in [2.75, 3.05) is 19.8 Å². The molecule has 6 rings (SSSR count). The van der Waals surface area contributed by atoms with Crippen LogP contribution in [0.5, 0.6) is 0 Å². The summed E-state index contributed by atoms with van der Waals surface area (Å²) in [6.07, 6.45) is -7.05. The van der Waals surface area contributed by atoms with E-state index < -0.39 is 105 Å². The number of allylic oxidation sites excluding steroid dienone is 1. The van der Waals surface area contributed by atoms with Gasteiger partial charge in [0.05, 0.1) is 62.0 Å². The van der Waals surface area contributed by atoms with Crippen LogP contribution in [-0.4, -0.2) is 163 Å². The third-order valence-corrected chi connectivity index (χ3v) is 11.5. The maximum atomic E-state index is 12.4. The van der Waals surface area contributed by atoms with E-state index in [0.717, 1.165) is 12.8 Å². The second-order valence-electron chi connectivity index (χ2n) is 15.2. The quantitative estimate of drug-likeness (QED) is 0.0901. The minimum Gasteiger partial charge on any atom is -0.459 e. The van der Waals surface area contributed by atoms with E-state index >= 15 is 0 Å². The Morgan fingerprint density at radius 1 is 0.760 bits per heavy atom. The molecule has 50 heavy (non-hydrogen) atoms. The number of carbonyl (C=O) groups excluding carboxylic acids is 1. The van der Waals surface area contributed by atoms with E-state index in [-0.39, 0.29) is 49.7 Å². The highest BCUT2D eigenvalue weighted by Gasteiger charge is 2.55. The molecule has 6 fully saturated rings. The predicted molar refractivity (Wildman–Crippen MR) is 168 cm³/mol. The number of carbonyl (C=O) groups is 1. The van der Waals surface area contributed by atoms with Gasteiger partial charge < -0.3 is 74.4 Å². The molecule has 3 saturated carbocycles. The van der Waals surface area contributed by atoms with E-state index in [1.807, 2.05) is 0 Å². The molecule has 0 amide bonds. The minimum absolute atomic E-state index is 0.126. The van der Waals surface area contributed by atoms with Gasteiger partial charge in [-0.2, -0.15) is 0 Å². The highest BCUT2D eigenvalue weighted by atomic mass is 16.8. The molecule has 0 aromatic carbocycles. The van der Waals surface area contributed by atoms with Crippen LogP contribution in [0.3, 0.4) is 0 Å². The third kappa shape index (κ3) is 8.71. The molecule has 3 saturated heterocycles. The van der Waals surface area contributed by atoms with Crippen LogP contribution < -0.4 is 0 Å². The molecule has 9 N–H and O–H groups in total. The standard InChI is InChI=1S/C34H54O16/c35-18-5-1-16(2-6-18)3-8-27(41)46-14-34(44)15-47-33(31(34)43)50-30-28(42)24(40)13-45-32(30)49-26-12-20-22(38)10-19(36)11-25(20)48-29(26)17-4-7-21(37)23(39)9-17/h3,8,16-26,28-33,35-40,42-44H,1-2,4-7,9-15H2/t16?,17?,18?,19?,20?,21?,22?,23?,24-,25?,26?,28+,29?,30-,31+,32+,33+,34-/m1/s1. The molecule has 16 nitrogen and oxygen atoms in total. The minimum atomic E-state index is -2.05. The lowest BCUT2D eigenvalue weighted by Crippen LogP contribution is -2.61. The van der Waals surface area contributed by atoms with Crippen molar-refractivity contribution >= 4 is 5.97 Å². The number of rotatable bonds is 9. The monoisotopic (exact) mass is 718 g/mol. The van der Waals surface area contributed by atoms with E-state index in [1.54, 1.807) is 6.08 Å². The molecular weight excluding hydrogens is 664 g/mol. The van der Waals surface area contributed by atoms with Crippen molar-refractivity contribution in [3.8, 4) is 0 Å². The number of fused-ring (bicyclic) bond motifs is 1. The average molecular weight is 719 g/mol. The predicted octanol–water partition coefficient (Wildman–Crippen LogP) is -2.26. The van der Waals surface area contributed by atoms with Gasteiger partial charge in [0.15, 0.2) is 18.2 Å². The molecular formula is C34H54O16. The Hall–Kier alpha value is -1.35. The fraction of sp³-hybridized carbons (Fsp3) is 0.912. The van der Waals surface area contributed by atoms with Crippen molar-refractivity contribution in [1.82, 2.24) is 0 Å². The molecule has 0 bridgehead atoms. The molecule has 0 aromatic heterocycles. The Balaban J connectivity index is 1.10. The van der Waals surface area contributed by atoms with E-state index in [1.165, 1.54) is 6.08 Å². The largest absolute Gasteiger partial charge is 0.459 e. The van der Waals surface area contributed by atoms with Crippen molar-refractivity contribution in [3.05, 3.63) is 12.2 Å². The summed E-state index contributed by atoms with van der Waals surface area (Å²) in [7, 11) is 0. The van der Waals surface area contributed by atoms with E-state index in [0.29, 0.717) is 32.1 Å². The summed E-state index contributed by atoms with van der Waals surface area (Å²) in [6.45, 7) is -1.41. The Morgan fingerprint density at radius 3 is 2.26 bits per heavy atom. The number of esters is 1. The molecule has 0 spiro atoms. The maximum absolute atomic E-state index is 12.4. The number of aliphatic hydroxyl groups is 9. The number of hydrogen-bond donors (Lipinski definition) is 9. The summed E-state index contributed by atoms with van der Waals surface area (Å²) in [4.78, 5) is 12.4. The van der Waals surface area contributed by atoms with Crippen molar-refractivity contribution in [2.24, 2.45) is 17.8 Å². The molecule has 0 aromatic rings. The van der Waals surface area contributed by atoms with Gasteiger partial charge in [-0.15, -0.1) is 0 Å². The molecule has 16 heteroatoms. The summed E-state index contributed by atoms with van der Waals surface area (Å²) < 4.78 is 35.4. The maximum Gasteiger partial charge on any atom is 0.330 e. The lowest BCUT2D eigenvalue weighted by Gasteiger charge is -2.51. The summed E-state index contributed by atoms with van der Waals surface area (Å²) in [5.74, 6) is -1.24. The lowest BCUT2D eigenvalue weighted by molar-refractivity contribution is -0.340. The highest BCUT2D eigenvalue weighted by Crippen LogP contribution is 2.43. The Kier molecular flexibility index (Phi) is 12.5. The van der Waals surface area contributed by atoms with Gasteiger partial charge in [-0.05, 0) is 76.0 Å².